The van der Waals surface area contributed by atoms with Crippen LogP contribution < -0.4 is 10.6 Å². The van der Waals surface area contributed by atoms with E-state index in [0.717, 1.165) is 26.4 Å². The Balaban J connectivity index is 1.81. The van der Waals surface area contributed by atoms with Crippen molar-refractivity contribution in [2.24, 2.45) is 11.1 Å². The second-order valence-electron chi connectivity index (χ2n) is 9.10. The number of rotatable bonds is 3. The number of Topliss-reactive ketones (excluding diaryl/α,β-unsaturated/α-hetero) is 1. The zero-order valence-corrected chi connectivity index (χ0v) is 20.3. The Labute approximate surface area is 200 Å². The number of thioether (sulfide) groups is 1. The Hall–Kier alpha value is -3.15. The number of allylic oxidation sites excluding steroid dienone is 3. The number of anilines is 1. The molecule has 0 fully saturated rings. The van der Waals surface area contributed by atoms with Crippen molar-refractivity contribution in [3.63, 3.8) is 0 Å². The average molecular weight is 474 g/mol. The summed E-state index contributed by atoms with van der Waals surface area (Å²) < 4.78 is 0.802. The predicted molar refractivity (Wildman–Crippen MR) is 133 cm³/mol. The number of hydrogen-bond donors (Lipinski definition) is 1. The first-order chi connectivity index (χ1) is 15.8. The lowest BCUT2D eigenvalue weighted by Crippen LogP contribution is -2.42. The first-order valence-corrected chi connectivity index (χ1v) is 12.7. The van der Waals surface area contributed by atoms with E-state index in [-0.39, 0.29) is 11.2 Å². The van der Waals surface area contributed by atoms with Crippen molar-refractivity contribution in [1.29, 1.82) is 5.26 Å². The molecule has 5 rings (SSSR count). The minimum atomic E-state index is -0.510. The van der Waals surface area contributed by atoms with Crippen LogP contribution in [0.2, 0.25) is 0 Å². The normalized spacial score (nSPS) is 20.2. The van der Waals surface area contributed by atoms with Crippen molar-refractivity contribution in [3.05, 3.63) is 70.7 Å². The molecule has 2 heterocycles. The SMILES string of the molecule is CSc1nnc(N2C(N)=C(C#N)C(c3cccc4ccccc34)C3=C2CC(C)(C)CC3=O)s1. The van der Waals surface area contributed by atoms with E-state index in [4.69, 9.17) is 5.73 Å². The van der Waals surface area contributed by atoms with Crippen molar-refractivity contribution in [2.75, 3.05) is 11.2 Å². The molecule has 0 saturated heterocycles. The summed E-state index contributed by atoms with van der Waals surface area (Å²) in [5, 5.41) is 21.5. The van der Waals surface area contributed by atoms with Gasteiger partial charge in [-0.2, -0.15) is 5.26 Å². The van der Waals surface area contributed by atoms with Gasteiger partial charge < -0.3 is 5.73 Å². The lowest BCUT2D eigenvalue weighted by atomic mass is 9.68. The molecule has 1 aliphatic heterocycles. The molecule has 1 atom stereocenters. The van der Waals surface area contributed by atoms with Crippen LogP contribution in [0.5, 0.6) is 0 Å². The monoisotopic (exact) mass is 473 g/mol. The molecular formula is C25H23N5OS2. The van der Waals surface area contributed by atoms with E-state index in [1.807, 2.05) is 48.7 Å². The number of aromatic nitrogens is 2. The van der Waals surface area contributed by atoms with Gasteiger partial charge in [-0.3, -0.25) is 9.69 Å². The number of fused-ring (bicyclic) bond motifs is 1. The van der Waals surface area contributed by atoms with E-state index < -0.39 is 5.92 Å². The van der Waals surface area contributed by atoms with Gasteiger partial charge in [-0.25, -0.2) is 0 Å². The first-order valence-electron chi connectivity index (χ1n) is 10.7. The van der Waals surface area contributed by atoms with Crippen molar-refractivity contribution in [2.45, 2.75) is 36.9 Å². The summed E-state index contributed by atoms with van der Waals surface area (Å²) in [7, 11) is 0. The van der Waals surface area contributed by atoms with Crippen LogP contribution in [0, 0.1) is 16.7 Å². The van der Waals surface area contributed by atoms with Crippen molar-refractivity contribution < 1.29 is 4.79 Å². The zero-order chi connectivity index (χ0) is 23.3. The third-order valence-corrected chi connectivity index (χ3v) is 8.16. The van der Waals surface area contributed by atoms with E-state index >= 15 is 0 Å². The number of nitrogens with zero attached hydrogens (tertiary/aromatic N) is 4. The molecule has 3 aromatic rings. The zero-order valence-electron chi connectivity index (χ0n) is 18.6. The van der Waals surface area contributed by atoms with Crippen LogP contribution in [-0.2, 0) is 4.79 Å². The molecule has 8 heteroatoms. The summed E-state index contributed by atoms with van der Waals surface area (Å²) in [5.41, 5.74) is 9.25. The molecule has 0 spiro atoms. The minimum absolute atomic E-state index is 0.0547. The van der Waals surface area contributed by atoms with Crippen molar-refractivity contribution >= 4 is 44.8 Å². The Morgan fingerprint density at radius 2 is 1.94 bits per heavy atom. The second-order valence-corrected chi connectivity index (χ2v) is 11.1. The minimum Gasteiger partial charge on any atom is -0.384 e. The number of nitrogens with two attached hydrogens (primary N) is 1. The highest BCUT2D eigenvalue weighted by Gasteiger charge is 2.45. The van der Waals surface area contributed by atoms with Gasteiger partial charge in [0.1, 0.15) is 5.82 Å². The fourth-order valence-electron chi connectivity index (χ4n) is 4.92. The highest BCUT2D eigenvalue weighted by Crippen LogP contribution is 2.51. The van der Waals surface area contributed by atoms with Crippen LogP contribution in [0.1, 0.15) is 38.2 Å². The van der Waals surface area contributed by atoms with Crippen LogP contribution in [-0.4, -0.2) is 22.2 Å². The van der Waals surface area contributed by atoms with E-state index in [2.05, 4.69) is 30.1 Å². The molecule has 166 valence electrons. The number of benzene rings is 2. The largest absolute Gasteiger partial charge is 0.384 e. The highest BCUT2D eigenvalue weighted by atomic mass is 32.2. The standard InChI is InChI=1S/C25H23N5OS2/c1-25(2)11-18-21(19(31)12-25)20(16-10-6-8-14-7-4-5-9-15(14)16)17(13-26)22(27)30(18)23-28-29-24(32-3)33-23/h4-10,20H,11-12,27H2,1-3H3. The summed E-state index contributed by atoms with van der Waals surface area (Å²) in [6.07, 6.45) is 3.02. The van der Waals surface area contributed by atoms with Crippen molar-refractivity contribution in [3.8, 4) is 6.07 Å². The van der Waals surface area contributed by atoms with Gasteiger partial charge in [-0.1, -0.05) is 79.4 Å². The maximum absolute atomic E-state index is 13.7. The highest BCUT2D eigenvalue weighted by molar-refractivity contribution is 8.00. The third-order valence-electron chi connectivity index (χ3n) is 6.28. The molecular weight excluding hydrogens is 450 g/mol. The van der Waals surface area contributed by atoms with Gasteiger partial charge in [0, 0.05) is 17.7 Å². The van der Waals surface area contributed by atoms with E-state index in [0.29, 0.717) is 34.9 Å². The first kappa shape index (κ1) is 21.7. The molecule has 2 N–H and O–H groups in total. The van der Waals surface area contributed by atoms with E-state index in [1.54, 1.807) is 4.90 Å². The number of carbonyl (C=O) groups is 1. The van der Waals surface area contributed by atoms with Crippen LogP contribution in [0.3, 0.4) is 0 Å². The van der Waals surface area contributed by atoms with Crippen LogP contribution in [0.25, 0.3) is 10.8 Å². The summed E-state index contributed by atoms with van der Waals surface area (Å²) in [5.74, 6) is -0.133. The Kier molecular flexibility index (Phi) is 5.26. The lowest BCUT2D eigenvalue weighted by Gasteiger charge is -2.42. The molecule has 0 bridgehead atoms. The summed E-state index contributed by atoms with van der Waals surface area (Å²) >= 11 is 2.91. The Morgan fingerprint density at radius 1 is 1.18 bits per heavy atom. The molecule has 6 nitrogen and oxygen atoms in total. The number of ketones is 1. The van der Waals surface area contributed by atoms with E-state index in [1.165, 1.54) is 23.1 Å². The van der Waals surface area contributed by atoms with Crippen molar-refractivity contribution in [1.82, 2.24) is 10.2 Å². The van der Waals surface area contributed by atoms with E-state index in [9.17, 15) is 10.1 Å². The predicted octanol–water partition coefficient (Wildman–Crippen LogP) is 5.35. The quantitative estimate of drug-likeness (QED) is 0.512. The molecule has 1 aromatic heterocycles. The molecule has 1 unspecified atom stereocenters. The molecule has 0 amide bonds. The summed E-state index contributed by atoms with van der Waals surface area (Å²) in [6, 6.07) is 16.4. The van der Waals surface area contributed by atoms with Gasteiger partial charge in [0.05, 0.1) is 17.6 Å². The van der Waals surface area contributed by atoms with Gasteiger partial charge in [0.15, 0.2) is 10.1 Å². The smallest absolute Gasteiger partial charge is 0.219 e. The second kappa shape index (κ2) is 8.01. The van der Waals surface area contributed by atoms with Crippen LogP contribution >= 0.6 is 23.1 Å². The molecule has 1 aliphatic carbocycles. The molecule has 0 saturated carbocycles. The Bertz CT molecular complexity index is 1390. The molecule has 33 heavy (non-hydrogen) atoms. The fourth-order valence-corrected chi connectivity index (χ4v) is 6.21. The fraction of sp³-hybridized carbons (Fsp3) is 0.280. The van der Waals surface area contributed by atoms with Gasteiger partial charge >= 0.3 is 0 Å². The van der Waals surface area contributed by atoms with Gasteiger partial charge in [-0.05, 0) is 34.4 Å². The number of hydrogen-bond acceptors (Lipinski definition) is 8. The maximum atomic E-state index is 13.7. The Morgan fingerprint density at radius 3 is 2.67 bits per heavy atom. The number of nitriles is 1. The van der Waals surface area contributed by atoms with Crippen LogP contribution in [0.15, 0.2) is 69.5 Å². The topological polar surface area (TPSA) is 95.9 Å². The maximum Gasteiger partial charge on any atom is 0.219 e. The molecule has 2 aliphatic rings. The van der Waals surface area contributed by atoms with Gasteiger partial charge in [-0.15, -0.1) is 10.2 Å². The average Bonchev–Trinajstić information content (AvgIpc) is 3.26. The summed E-state index contributed by atoms with van der Waals surface area (Å²) in [6.45, 7) is 4.18. The van der Waals surface area contributed by atoms with Crippen LogP contribution in [0.4, 0.5) is 5.13 Å². The lowest BCUT2D eigenvalue weighted by molar-refractivity contribution is -0.118. The molecule has 0 radical (unpaired) electrons. The third kappa shape index (κ3) is 3.52. The van der Waals surface area contributed by atoms with Gasteiger partial charge in [0.2, 0.25) is 5.13 Å². The number of carbonyl (C=O) groups excluding carboxylic acids is 1. The van der Waals surface area contributed by atoms with Gasteiger partial charge in [0.25, 0.3) is 0 Å². The molecule has 2 aromatic carbocycles. The summed E-state index contributed by atoms with van der Waals surface area (Å²) in [4.78, 5) is 15.5.